The van der Waals surface area contributed by atoms with E-state index >= 15 is 0 Å². The van der Waals surface area contributed by atoms with Gasteiger partial charge in [0.15, 0.2) is 5.52 Å². The number of nitrogens with one attached hydrogen (secondary N) is 2. The van der Waals surface area contributed by atoms with Gasteiger partial charge >= 0.3 is 0 Å². The molecule has 1 aromatic heterocycles. The van der Waals surface area contributed by atoms with Crippen LogP contribution < -0.4 is 10.0 Å². The summed E-state index contributed by atoms with van der Waals surface area (Å²) < 4.78 is 44.9. The molecule has 0 radical (unpaired) electrons. The first kappa shape index (κ1) is 17.0. The van der Waals surface area contributed by atoms with Gasteiger partial charge in [-0.3, -0.25) is 4.79 Å². The Bertz CT molecular complexity index is 1020. The van der Waals surface area contributed by atoms with Gasteiger partial charge in [0, 0.05) is 13.0 Å². The standard InChI is InChI=1S/C15H13FN4O4S/c16-10-4-1-2-5-11(10)18-14(21)8-9-17-25(22,23)13-7-3-6-12-15(13)20-24-19-12/h1-7,17H,8-9H2,(H,18,21). The molecule has 0 bridgehead atoms. The van der Waals surface area contributed by atoms with Gasteiger partial charge in [-0.15, -0.1) is 0 Å². The minimum Gasteiger partial charge on any atom is -0.324 e. The van der Waals surface area contributed by atoms with Crippen molar-refractivity contribution in [2.75, 3.05) is 11.9 Å². The molecule has 1 amide bonds. The van der Waals surface area contributed by atoms with Gasteiger partial charge in [-0.1, -0.05) is 18.2 Å². The average molecular weight is 364 g/mol. The number of hydrogen-bond acceptors (Lipinski definition) is 6. The predicted octanol–water partition coefficient (Wildman–Crippen LogP) is 1.67. The molecule has 8 nitrogen and oxygen atoms in total. The zero-order valence-corrected chi connectivity index (χ0v) is 13.6. The summed E-state index contributed by atoms with van der Waals surface area (Å²) >= 11 is 0. The van der Waals surface area contributed by atoms with Crippen molar-refractivity contribution in [2.24, 2.45) is 0 Å². The van der Waals surface area contributed by atoms with E-state index in [1.807, 2.05) is 0 Å². The lowest BCUT2D eigenvalue weighted by Crippen LogP contribution is -2.28. The van der Waals surface area contributed by atoms with Gasteiger partial charge < -0.3 is 5.32 Å². The number of rotatable bonds is 6. The Labute approximate surface area is 142 Å². The highest BCUT2D eigenvalue weighted by atomic mass is 32.2. The fourth-order valence-electron chi connectivity index (χ4n) is 2.15. The Morgan fingerprint density at radius 3 is 2.72 bits per heavy atom. The fourth-order valence-corrected chi connectivity index (χ4v) is 3.33. The number of halogens is 1. The van der Waals surface area contributed by atoms with E-state index in [-0.39, 0.29) is 29.1 Å². The van der Waals surface area contributed by atoms with E-state index < -0.39 is 21.7 Å². The second kappa shape index (κ2) is 6.95. The number of carbonyl (C=O) groups excluding carboxylic acids is 1. The Balaban J connectivity index is 1.62. The number of nitrogens with zero attached hydrogens (tertiary/aromatic N) is 2. The molecule has 3 aromatic rings. The van der Waals surface area contributed by atoms with Gasteiger partial charge in [0.25, 0.3) is 0 Å². The van der Waals surface area contributed by atoms with Gasteiger partial charge in [-0.25, -0.2) is 22.2 Å². The molecule has 2 aromatic carbocycles. The summed E-state index contributed by atoms with van der Waals surface area (Å²) in [6, 6.07) is 10.1. The van der Waals surface area contributed by atoms with Crippen LogP contribution in [0.5, 0.6) is 0 Å². The third-order valence-electron chi connectivity index (χ3n) is 3.33. The summed E-state index contributed by atoms with van der Waals surface area (Å²) in [4.78, 5) is 11.7. The summed E-state index contributed by atoms with van der Waals surface area (Å²) in [5, 5.41) is 9.52. The van der Waals surface area contributed by atoms with E-state index in [2.05, 4.69) is 25.0 Å². The maximum absolute atomic E-state index is 13.5. The second-order valence-corrected chi connectivity index (χ2v) is 6.80. The highest BCUT2D eigenvalue weighted by molar-refractivity contribution is 7.89. The molecule has 1 heterocycles. The Morgan fingerprint density at radius 1 is 1.12 bits per heavy atom. The molecule has 0 aliphatic rings. The van der Waals surface area contributed by atoms with E-state index in [1.54, 1.807) is 12.1 Å². The number of aromatic nitrogens is 2. The molecule has 0 atom stereocenters. The van der Waals surface area contributed by atoms with E-state index in [9.17, 15) is 17.6 Å². The molecule has 25 heavy (non-hydrogen) atoms. The van der Waals surface area contributed by atoms with Crippen molar-refractivity contribution in [3.63, 3.8) is 0 Å². The van der Waals surface area contributed by atoms with Gasteiger partial charge in [0.05, 0.1) is 5.69 Å². The first-order valence-electron chi connectivity index (χ1n) is 7.23. The van der Waals surface area contributed by atoms with Gasteiger partial charge in [0.1, 0.15) is 16.2 Å². The second-order valence-electron chi connectivity index (χ2n) is 5.06. The minimum atomic E-state index is -3.90. The average Bonchev–Trinajstić information content (AvgIpc) is 3.05. The van der Waals surface area contributed by atoms with Crippen molar-refractivity contribution in [2.45, 2.75) is 11.3 Å². The van der Waals surface area contributed by atoms with Crippen LogP contribution in [-0.2, 0) is 14.8 Å². The van der Waals surface area contributed by atoms with Crippen LogP contribution >= 0.6 is 0 Å². The summed E-state index contributed by atoms with van der Waals surface area (Å²) in [6.45, 7) is -0.162. The molecule has 0 aliphatic carbocycles. The van der Waals surface area contributed by atoms with Crippen LogP contribution in [0, 0.1) is 5.82 Å². The summed E-state index contributed by atoms with van der Waals surface area (Å²) in [7, 11) is -3.90. The van der Waals surface area contributed by atoms with Crippen molar-refractivity contribution in [3.05, 3.63) is 48.3 Å². The van der Waals surface area contributed by atoms with Crippen LogP contribution in [-0.4, -0.2) is 31.2 Å². The van der Waals surface area contributed by atoms with E-state index in [0.717, 1.165) is 0 Å². The first-order valence-corrected chi connectivity index (χ1v) is 8.71. The third-order valence-corrected chi connectivity index (χ3v) is 4.82. The molecule has 3 rings (SSSR count). The molecular formula is C15H13FN4O4S. The highest BCUT2D eigenvalue weighted by Gasteiger charge is 2.20. The largest absolute Gasteiger partial charge is 0.324 e. The number of amides is 1. The molecule has 0 saturated carbocycles. The molecule has 10 heteroatoms. The van der Waals surface area contributed by atoms with Crippen LogP contribution in [0.15, 0.2) is 52.0 Å². The first-order chi connectivity index (χ1) is 12.0. The van der Waals surface area contributed by atoms with Crippen molar-refractivity contribution in [3.8, 4) is 0 Å². The number of sulfonamides is 1. The van der Waals surface area contributed by atoms with Crippen LogP contribution in [0.4, 0.5) is 10.1 Å². The molecule has 130 valence electrons. The van der Waals surface area contributed by atoms with Crippen molar-refractivity contribution in [1.29, 1.82) is 0 Å². The van der Waals surface area contributed by atoms with Crippen LogP contribution in [0.1, 0.15) is 6.42 Å². The Morgan fingerprint density at radius 2 is 1.92 bits per heavy atom. The van der Waals surface area contributed by atoms with Crippen LogP contribution in [0.3, 0.4) is 0 Å². The maximum Gasteiger partial charge on any atom is 0.242 e. The zero-order valence-electron chi connectivity index (χ0n) is 12.8. The van der Waals surface area contributed by atoms with Gasteiger partial charge in [-0.05, 0) is 34.6 Å². The monoisotopic (exact) mass is 364 g/mol. The fraction of sp³-hybridized carbons (Fsp3) is 0.133. The number of fused-ring (bicyclic) bond motifs is 1. The van der Waals surface area contributed by atoms with Gasteiger partial charge in [0.2, 0.25) is 15.9 Å². The van der Waals surface area contributed by atoms with E-state index in [4.69, 9.17) is 0 Å². The molecular weight excluding hydrogens is 351 g/mol. The topological polar surface area (TPSA) is 114 Å². The Kier molecular flexibility index (Phi) is 4.72. The Hall–Kier alpha value is -2.85. The lowest BCUT2D eigenvalue weighted by atomic mass is 10.3. The summed E-state index contributed by atoms with van der Waals surface area (Å²) in [5.74, 6) is -1.09. The smallest absolute Gasteiger partial charge is 0.242 e. The van der Waals surface area contributed by atoms with Crippen LogP contribution in [0.25, 0.3) is 11.0 Å². The van der Waals surface area contributed by atoms with Crippen molar-refractivity contribution < 1.29 is 22.2 Å². The maximum atomic E-state index is 13.5. The third kappa shape index (κ3) is 3.80. The highest BCUT2D eigenvalue weighted by Crippen LogP contribution is 2.19. The van der Waals surface area contributed by atoms with Crippen molar-refractivity contribution in [1.82, 2.24) is 15.0 Å². The number of para-hydroxylation sites is 1. The van der Waals surface area contributed by atoms with Crippen LogP contribution in [0.2, 0.25) is 0 Å². The molecule has 2 N–H and O–H groups in total. The van der Waals surface area contributed by atoms with Crippen molar-refractivity contribution >= 4 is 32.7 Å². The summed E-state index contributed by atoms with van der Waals surface area (Å²) in [6.07, 6.45) is -0.166. The number of benzene rings is 2. The molecule has 0 aliphatic heterocycles. The normalized spacial score (nSPS) is 11.6. The number of hydrogen-bond donors (Lipinski definition) is 2. The summed E-state index contributed by atoms with van der Waals surface area (Å²) in [5.41, 5.74) is 0.444. The quantitative estimate of drug-likeness (QED) is 0.688. The molecule has 0 unspecified atom stereocenters. The lowest BCUT2D eigenvalue weighted by Gasteiger charge is -2.08. The SMILES string of the molecule is O=C(CCNS(=O)(=O)c1cccc2nonc12)Nc1ccccc1F. The number of anilines is 1. The predicted molar refractivity (Wildman–Crippen MR) is 86.6 cm³/mol. The number of carbonyl (C=O) groups is 1. The van der Waals surface area contributed by atoms with E-state index in [0.29, 0.717) is 5.52 Å². The van der Waals surface area contributed by atoms with E-state index in [1.165, 1.54) is 30.3 Å². The van der Waals surface area contributed by atoms with Gasteiger partial charge in [-0.2, -0.15) is 0 Å². The lowest BCUT2D eigenvalue weighted by molar-refractivity contribution is -0.116. The molecule has 0 fully saturated rings. The minimum absolute atomic E-state index is 0.0359. The molecule has 0 spiro atoms. The molecule has 0 saturated heterocycles. The zero-order chi connectivity index (χ0) is 17.9.